The summed E-state index contributed by atoms with van der Waals surface area (Å²) in [6, 6.07) is 6.97. The molecule has 22 heavy (non-hydrogen) atoms. The maximum absolute atomic E-state index is 11.7. The molecule has 1 aromatic heterocycles. The largest absolute Gasteiger partial charge is 0.496 e. The van der Waals surface area contributed by atoms with E-state index in [-0.39, 0.29) is 12.4 Å². The van der Waals surface area contributed by atoms with Gasteiger partial charge < -0.3 is 9.47 Å². The van der Waals surface area contributed by atoms with Crippen LogP contribution < -0.4 is 4.74 Å². The first kappa shape index (κ1) is 16.0. The minimum atomic E-state index is -0.443. The van der Waals surface area contributed by atoms with Crippen LogP contribution in [0.2, 0.25) is 0 Å². The molecule has 0 amide bonds. The third-order valence-electron chi connectivity index (χ3n) is 3.01. The van der Waals surface area contributed by atoms with Gasteiger partial charge in [-0.3, -0.25) is 4.79 Å². The Morgan fingerprint density at radius 2 is 2.09 bits per heavy atom. The first-order chi connectivity index (χ1) is 10.6. The van der Waals surface area contributed by atoms with Crippen LogP contribution in [0.25, 0.3) is 6.08 Å². The highest BCUT2D eigenvalue weighted by Gasteiger charge is 2.09. The maximum atomic E-state index is 11.7. The van der Waals surface area contributed by atoms with Crippen LogP contribution in [0.3, 0.4) is 0 Å². The van der Waals surface area contributed by atoms with Crippen LogP contribution in [0.1, 0.15) is 28.4 Å². The monoisotopic (exact) mass is 316 g/mol. The van der Waals surface area contributed by atoms with E-state index in [0.29, 0.717) is 16.9 Å². The van der Waals surface area contributed by atoms with Gasteiger partial charge in [0.1, 0.15) is 12.4 Å². The van der Waals surface area contributed by atoms with E-state index in [4.69, 9.17) is 9.47 Å². The molecule has 0 fully saturated rings. The van der Waals surface area contributed by atoms with Gasteiger partial charge in [0.25, 0.3) is 0 Å². The van der Waals surface area contributed by atoms with E-state index in [0.717, 1.165) is 5.56 Å². The van der Waals surface area contributed by atoms with Gasteiger partial charge in [-0.05, 0) is 53.6 Å². The number of rotatable bonds is 6. The molecule has 0 aliphatic rings. The Bertz CT molecular complexity index is 687. The molecule has 1 aromatic carbocycles. The molecule has 0 N–H and O–H groups in total. The van der Waals surface area contributed by atoms with Gasteiger partial charge in [-0.1, -0.05) is 0 Å². The van der Waals surface area contributed by atoms with E-state index in [1.54, 1.807) is 35.6 Å². The predicted octanol–water partition coefficient (Wildman–Crippen LogP) is 3.72. The number of methoxy groups -OCH3 is 1. The average Bonchev–Trinajstić information content (AvgIpc) is 3.03. The van der Waals surface area contributed by atoms with Gasteiger partial charge in [0.05, 0.1) is 7.11 Å². The van der Waals surface area contributed by atoms with Gasteiger partial charge in [0.2, 0.25) is 0 Å². The number of esters is 1. The smallest absolute Gasteiger partial charge is 0.331 e. The molecule has 0 saturated carbocycles. The van der Waals surface area contributed by atoms with E-state index < -0.39 is 5.97 Å². The second kappa shape index (κ2) is 7.56. The van der Waals surface area contributed by atoms with Crippen LogP contribution in [0, 0.1) is 0 Å². The molecule has 114 valence electrons. The quantitative estimate of drug-likeness (QED) is 0.463. The number of carbonyl (C=O) groups is 2. The molecule has 0 radical (unpaired) electrons. The second-order valence-corrected chi connectivity index (χ2v) is 5.36. The number of ether oxygens (including phenoxy) is 2. The lowest BCUT2D eigenvalue weighted by Crippen LogP contribution is -2.04. The molecule has 0 unspecified atom stereocenters. The van der Waals surface area contributed by atoms with Crippen molar-refractivity contribution < 1.29 is 19.1 Å². The highest BCUT2D eigenvalue weighted by molar-refractivity contribution is 7.08. The Hall–Kier alpha value is -2.40. The molecule has 4 nitrogen and oxygen atoms in total. The van der Waals surface area contributed by atoms with Crippen molar-refractivity contribution in [2.75, 3.05) is 7.11 Å². The summed E-state index contributed by atoms with van der Waals surface area (Å²) in [4.78, 5) is 23.1. The number of thiophene rings is 1. The van der Waals surface area contributed by atoms with Gasteiger partial charge in [-0.25, -0.2) is 4.79 Å². The third-order valence-corrected chi connectivity index (χ3v) is 3.71. The average molecular weight is 316 g/mol. The molecule has 0 atom stereocenters. The fourth-order valence-corrected chi connectivity index (χ4v) is 2.47. The van der Waals surface area contributed by atoms with E-state index in [1.165, 1.54) is 20.1 Å². The van der Waals surface area contributed by atoms with Crippen LogP contribution in [-0.4, -0.2) is 18.9 Å². The van der Waals surface area contributed by atoms with Crippen molar-refractivity contribution in [3.05, 3.63) is 57.8 Å². The molecule has 0 aliphatic carbocycles. The predicted molar refractivity (Wildman–Crippen MR) is 86.1 cm³/mol. The molecular formula is C17H16O4S. The van der Waals surface area contributed by atoms with Crippen molar-refractivity contribution in [2.24, 2.45) is 0 Å². The summed E-state index contributed by atoms with van der Waals surface area (Å²) < 4.78 is 10.4. The molecule has 0 bridgehead atoms. The van der Waals surface area contributed by atoms with E-state index in [9.17, 15) is 9.59 Å². The van der Waals surface area contributed by atoms with Crippen molar-refractivity contribution in [2.45, 2.75) is 13.5 Å². The summed E-state index contributed by atoms with van der Waals surface area (Å²) in [5.41, 5.74) is 2.17. The molecule has 1 heterocycles. The maximum Gasteiger partial charge on any atom is 0.331 e. The highest BCUT2D eigenvalue weighted by Crippen LogP contribution is 2.21. The Morgan fingerprint density at radius 1 is 1.27 bits per heavy atom. The summed E-state index contributed by atoms with van der Waals surface area (Å²) in [5.74, 6) is 0.0914. The Balaban J connectivity index is 2.02. The molecule has 5 heteroatoms. The van der Waals surface area contributed by atoms with Crippen LogP contribution in [-0.2, 0) is 16.1 Å². The number of ketones is 1. The van der Waals surface area contributed by atoms with E-state index in [1.807, 2.05) is 16.8 Å². The summed E-state index contributed by atoms with van der Waals surface area (Å²) in [5, 5.41) is 3.87. The van der Waals surface area contributed by atoms with Gasteiger partial charge >= 0.3 is 5.97 Å². The summed E-state index contributed by atoms with van der Waals surface area (Å²) in [7, 11) is 1.53. The molecule has 0 spiro atoms. The van der Waals surface area contributed by atoms with Crippen molar-refractivity contribution in [1.82, 2.24) is 0 Å². The topological polar surface area (TPSA) is 52.6 Å². The summed E-state index contributed by atoms with van der Waals surface area (Å²) >= 11 is 1.56. The molecule has 2 rings (SSSR count). The van der Waals surface area contributed by atoms with E-state index in [2.05, 4.69) is 0 Å². The zero-order valence-electron chi connectivity index (χ0n) is 12.4. The Kier molecular flexibility index (Phi) is 5.49. The highest BCUT2D eigenvalue weighted by atomic mass is 32.1. The normalized spacial score (nSPS) is 10.6. The SMILES string of the molecule is COc1ccc(C(C)=O)cc1COC(=O)/C=C/c1ccsc1. The number of benzene rings is 1. The first-order valence-electron chi connectivity index (χ1n) is 6.65. The standard InChI is InChI=1S/C17H16O4S/c1-12(18)14-4-5-16(20-2)15(9-14)10-21-17(19)6-3-13-7-8-22-11-13/h3-9,11H,10H2,1-2H3/b6-3+. The lowest BCUT2D eigenvalue weighted by molar-refractivity contribution is -0.138. The zero-order chi connectivity index (χ0) is 15.9. The fraction of sp³-hybridized carbons (Fsp3) is 0.176. The molecular weight excluding hydrogens is 300 g/mol. The summed E-state index contributed by atoms with van der Waals surface area (Å²) in [6.07, 6.45) is 3.07. The van der Waals surface area contributed by atoms with Crippen LogP contribution in [0.15, 0.2) is 41.1 Å². The van der Waals surface area contributed by atoms with E-state index >= 15 is 0 Å². The third kappa shape index (κ3) is 4.30. The first-order valence-corrected chi connectivity index (χ1v) is 7.59. The van der Waals surface area contributed by atoms with Gasteiger partial charge in [0.15, 0.2) is 5.78 Å². The number of hydrogen-bond acceptors (Lipinski definition) is 5. The van der Waals surface area contributed by atoms with Crippen molar-refractivity contribution in [3.8, 4) is 5.75 Å². The van der Waals surface area contributed by atoms with Crippen LogP contribution in [0.5, 0.6) is 5.75 Å². The van der Waals surface area contributed by atoms with Crippen molar-refractivity contribution in [3.63, 3.8) is 0 Å². The molecule has 0 saturated heterocycles. The number of carbonyl (C=O) groups excluding carboxylic acids is 2. The Labute approximate surface area is 133 Å². The van der Waals surface area contributed by atoms with Crippen LogP contribution in [0.4, 0.5) is 0 Å². The minimum absolute atomic E-state index is 0.0485. The van der Waals surface area contributed by atoms with Gasteiger partial charge in [-0.2, -0.15) is 11.3 Å². The van der Waals surface area contributed by atoms with Gasteiger partial charge in [-0.15, -0.1) is 0 Å². The lowest BCUT2D eigenvalue weighted by Gasteiger charge is -2.09. The zero-order valence-corrected chi connectivity index (χ0v) is 13.2. The minimum Gasteiger partial charge on any atom is -0.496 e. The van der Waals surface area contributed by atoms with Crippen molar-refractivity contribution in [1.29, 1.82) is 0 Å². The van der Waals surface area contributed by atoms with Gasteiger partial charge in [0, 0.05) is 17.2 Å². The molecule has 0 aliphatic heterocycles. The second-order valence-electron chi connectivity index (χ2n) is 4.58. The number of Topliss-reactive ketones (excluding diaryl/α,β-unsaturated/α-hetero) is 1. The van der Waals surface area contributed by atoms with Crippen LogP contribution >= 0.6 is 11.3 Å². The lowest BCUT2D eigenvalue weighted by atomic mass is 10.1. The Morgan fingerprint density at radius 3 is 2.73 bits per heavy atom. The van der Waals surface area contributed by atoms with Crippen molar-refractivity contribution >= 4 is 29.2 Å². The number of hydrogen-bond donors (Lipinski definition) is 0. The fourth-order valence-electron chi connectivity index (χ4n) is 1.84. The molecule has 2 aromatic rings. The summed E-state index contributed by atoms with van der Waals surface area (Å²) in [6.45, 7) is 1.54.